The van der Waals surface area contributed by atoms with Crippen LogP contribution in [0, 0.1) is 17.8 Å². The van der Waals surface area contributed by atoms with E-state index in [4.69, 9.17) is 0 Å². The van der Waals surface area contributed by atoms with Crippen molar-refractivity contribution in [3.63, 3.8) is 0 Å². The predicted molar refractivity (Wildman–Crippen MR) is 63.0 cm³/mol. The third-order valence-electron chi connectivity index (χ3n) is 4.51. The minimum absolute atomic E-state index is 0.334. The summed E-state index contributed by atoms with van der Waals surface area (Å²) in [6.45, 7) is 2.07. The molecule has 2 aliphatic carbocycles. The van der Waals surface area contributed by atoms with E-state index in [1.165, 1.54) is 19.3 Å². The van der Waals surface area contributed by atoms with Crippen molar-refractivity contribution in [2.24, 2.45) is 17.8 Å². The largest absolute Gasteiger partial charge is 0.352 e. The lowest BCUT2D eigenvalue weighted by molar-refractivity contribution is -0.125. The van der Waals surface area contributed by atoms with E-state index in [0.29, 0.717) is 17.9 Å². The van der Waals surface area contributed by atoms with Gasteiger partial charge in [0.1, 0.15) is 0 Å². The van der Waals surface area contributed by atoms with E-state index in [-0.39, 0.29) is 0 Å². The zero-order chi connectivity index (χ0) is 11.0. The second-order valence-electron chi connectivity index (χ2n) is 5.83. The summed E-state index contributed by atoms with van der Waals surface area (Å²) in [7, 11) is 0. The zero-order valence-corrected chi connectivity index (χ0v) is 9.87. The van der Waals surface area contributed by atoms with Gasteiger partial charge in [-0.25, -0.2) is 0 Å². The second-order valence-corrected chi connectivity index (χ2v) is 5.83. The molecule has 1 amide bonds. The first-order valence-corrected chi connectivity index (χ1v) is 6.84. The van der Waals surface area contributed by atoms with Crippen LogP contribution in [-0.2, 0) is 4.79 Å². The van der Waals surface area contributed by atoms with Crippen LogP contribution in [-0.4, -0.2) is 25.0 Å². The summed E-state index contributed by atoms with van der Waals surface area (Å²) < 4.78 is 0. The number of nitrogens with one attached hydrogen (secondary N) is 2. The van der Waals surface area contributed by atoms with Crippen molar-refractivity contribution in [1.82, 2.24) is 10.6 Å². The number of hydrogen-bond donors (Lipinski definition) is 2. The summed E-state index contributed by atoms with van der Waals surface area (Å²) in [6, 6.07) is 0.381. The van der Waals surface area contributed by atoms with Gasteiger partial charge in [0.2, 0.25) is 5.91 Å². The van der Waals surface area contributed by atoms with Gasteiger partial charge in [0.15, 0.2) is 0 Å². The first-order chi connectivity index (χ1) is 7.83. The van der Waals surface area contributed by atoms with Crippen molar-refractivity contribution in [2.45, 2.75) is 44.6 Å². The monoisotopic (exact) mass is 222 g/mol. The molecule has 1 heterocycles. The van der Waals surface area contributed by atoms with Crippen molar-refractivity contribution in [3.8, 4) is 0 Å². The average molecular weight is 222 g/mol. The molecule has 1 saturated heterocycles. The van der Waals surface area contributed by atoms with E-state index in [9.17, 15) is 4.79 Å². The highest BCUT2D eigenvalue weighted by atomic mass is 16.2. The van der Waals surface area contributed by atoms with E-state index >= 15 is 0 Å². The third-order valence-corrected chi connectivity index (χ3v) is 4.51. The fourth-order valence-corrected chi connectivity index (χ4v) is 3.39. The van der Waals surface area contributed by atoms with Crippen LogP contribution in [0.25, 0.3) is 0 Å². The Bertz CT molecular complexity index is 261. The molecule has 2 N–H and O–H groups in total. The van der Waals surface area contributed by atoms with Gasteiger partial charge in [-0.2, -0.15) is 0 Å². The molecule has 0 radical (unpaired) electrons. The minimum atomic E-state index is 0.334. The fraction of sp³-hybridized carbons (Fsp3) is 0.923. The lowest BCUT2D eigenvalue weighted by Crippen LogP contribution is -2.43. The van der Waals surface area contributed by atoms with Gasteiger partial charge in [-0.3, -0.25) is 4.79 Å². The molecular formula is C13H22N2O. The summed E-state index contributed by atoms with van der Waals surface area (Å²) in [5.74, 6) is 2.49. The van der Waals surface area contributed by atoms with E-state index < -0.39 is 0 Å². The molecule has 0 aromatic carbocycles. The highest BCUT2D eigenvalue weighted by Crippen LogP contribution is 2.54. The zero-order valence-electron chi connectivity index (χ0n) is 9.87. The van der Waals surface area contributed by atoms with Gasteiger partial charge < -0.3 is 10.6 Å². The van der Waals surface area contributed by atoms with Crippen molar-refractivity contribution < 1.29 is 4.79 Å². The fourth-order valence-electron chi connectivity index (χ4n) is 3.39. The van der Waals surface area contributed by atoms with Crippen molar-refractivity contribution in [3.05, 3.63) is 0 Å². The Morgan fingerprint density at radius 1 is 1.12 bits per heavy atom. The summed E-state index contributed by atoms with van der Waals surface area (Å²) in [4.78, 5) is 12.1. The molecule has 0 spiro atoms. The maximum Gasteiger partial charge on any atom is 0.223 e. The summed E-state index contributed by atoms with van der Waals surface area (Å²) in [5.41, 5.74) is 0. The van der Waals surface area contributed by atoms with Gasteiger partial charge in [-0.1, -0.05) is 6.42 Å². The molecule has 2 saturated carbocycles. The minimum Gasteiger partial charge on any atom is -0.352 e. The van der Waals surface area contributed by atoms with Crippen LogP contribution in [0.4, 0.5) is 0 Å². The molecule has 3 rings (SSSR count). The lowest BCUT2D eigenvalue weighted by Gasteiger charge is -2.19. The lowest BCUT2D eigenvalue weighted by atomic mass is 10.0. The Morgan fingerprint density at radius 2 is 1.94 bits per heavy atom. The van der Waals surface area contributed by atoms with Crippen molar-refractivity contribution in [1.29, 1.82) is 0 Å². The summed E-state index contributed by atoms with van der Waals surface area (Å²) in [5, 5.41) is 6.64. The molecule has 3 aliphatic rings. The number of hydrogen-bond acceptors (Lipinski definition) is 2. The Balaban J connectivity index is 1.47. The van der Waals surface area contributed by atoms with E-state index in [0.717, 1.165) is 44.2 Å². The maximum absolute atomic E-state index is 12.1. The number of carbonyl (C=O) groups excluding carboxylic acids is 1. The molecule has 3 nitrogen and oxygen atoms in total. The van der Waals surface area contributed by atoms with Crippen LogP contribution in [0.5, 0.6) is 0 Å². The Hall–Kier alpha value is -0.570. The van der Waals surface area contributed by atoms with E-state index in [1.54, 1.807) is 0 Å². The van der Waals surface area contributed by atoms with Gasteiger partial charge in [0.05, 0.1) is 0 Å². The van der Waals surface area contributed by atoms with Gasteiger partial charge in [0.25, 0.3) is 0 Å². The Morgan fingerprint density at radius 3 is 2.75 bits per heavy atom. The molecule has 3 fully saturated rings. The molecule has 0 bridgehead atoms. The molecule has 90 valence electrons. The highest BCUT2D eigenvalue weighted by Gasteiger charge is 2.48. The molecule has 3 unspecified atom stereocenters. The van der Waals surface area contributed by atoms with E-state index in [2.05, 4.69) is 10.6 Å². The van der Waals surface area contributed by atoms with Crippen LogP contribution in [0.15, 0.2) is 0 Å². The van der Waals surface area contributed by atoms with Gasteiger partial charge in [0, 0.05) is 18.5 Å². The van der Waals surface area contributed by atoms with Crippen LogP contribution >= 0.6 is 0 Å². The first kappa shape index (κ1) is 10.6. The van der Waals surface area contributed by atoms with Gasteiger partial charge >= 0.3 is 0 Å². The van der Waals surface area contributed by atoms with E-state index in [1.807, 2.05) is 0 Å². The summed E-state index contributed by atoms with van der Waals surface area (Å²) >= 11 is 0. The standard InChI is InChI=1S/C13H22N2O/c16-13(11-6-9-5-10(9)7-11)15-12-3-1-2-4-14-8-12/h9-12,14H,1-8H2,(H,15,16). The molecule has 3 atom stereocenters. The average Bonchev–Trinajstić information content (AvgIpc) is 2.97. The normalized spacial score (nSPS) is 42.2. The quantitative estimate of drug-likeness (QED) is 0.739. The van der Waals surface area contributed by atoms with Gasteiger partial charge in [-0.05, 0) is 50.5 Å². The Labute approximate surface area is 97.4 Å². The van der Waals surface area contributed by atoms with Gasteiger partial charge in [-0.15, -0.1) is 0 Å². The van der Waals surface area contributed by atoms with Crippen LogP contribution in [0.2, 0.25) is 0 Å². The number of fused-ring (bicyclic) bond motifs is 1. The van der Waals surface area contributed by atoms with Crippen molar-refractivity contribution >= 4 is 5.91 Å². The molecule has 0 aromatic rings. The second kappa shape index (κ2) is 4.36. The summed E-state index contributed by atoms with van der Waals surface area (Å²) in [6.07, 6.45) is 7.37. The molecular weight excluding hydrogens is 200 g/mol. The number of amides is 1. The molecule has 1 aliphatic heterocycles. The SMILES string of the molecule is O=C(NC1CCCCNC1)C1CC2CC2C1. The van der Waals surface area contributed by atoms with Crippen LogP contribution < -0.4 is 10.6 Å². The molecule has 3 heteroatoms. The van der Waals surface area contributed by atoms with Crippen LogP contribution in [0.1, 0.15) is 38.5 Å². The molecule has 16 heavy (non-hydrogen) atoms. The smallest absolute Gasteiger partial charge is 0.223 e. The highest BCUT2D eigenvalue weighted by molar-refractivity contribution is 5.79. The maximum atomic E-state index is 12.1. The number of rotatable bonds is 2. The Kier molecular flexibility index (Phi) is 2.88. The topological polar surface area (TPSA) is 41.1 Å². The van der Waals surface area contributed by atoms with Crippen LogP contribution in [0.3, 0.4) is 0 Å². The molecule has 0 aromatic heterocycles. The third kappa shape index (κ3) is 2.24. The van der Waals surface area contributed by atoms with Crippen molar-refractivity contribution in [2.75, 3.05) is 13.1 Å². The first-order valence-electron chi connectivity index (χ1n) is 6.84. The predicted octanol–water partition coefficient (Wildman–Crippen LogP) is 1.29. The number of carbonyl (C=O) groups is 1.